The first-order valence-electron chi connectivity index (χ1n) is 19.6. The largest absolute Gasteiger partial charge is 0.385 e. The van der Waals surface area contributed by atoms with Gasteiger partial charge in [0, 0.05) is 67.6 Å². The Morgan fingerprint density at radius 2 is 2.19 bits per heavy atom. The molecule has 0 spiro atoms. The van der Waals surface area contributed by atoms with E-state index in [1.807, 2.05) is 0 Å². The van der Waals surface area contributed by atoms with Gasteiger partial charge in [-0.2, -0.15) is 0 Å². The molecule has 2 aliphatic rings. The fraction of sp³-hybridized carbons (Fsp3) is 0.522. The van der Waals surface area contributed by atoms with Crippen LogP contribution in [0.4, 0.5) is 4.39 Å². The molecule has 2 aliphatic heterocycles. The minimum absolute atomic E-state index is 0.291. The quantitative estimate of drug-likeness (QED) is 0.660. The zero-order valence-electron chi connectivity index (χ0n) is 37.5. The van der Waals surface area contributed by atoms with E-state index in [1.165, 1.54) is 0 Å². The minimum atomic E-state index is -4.49. The van der Waals surface area contributed by atoms with Gasteiger partial charge < -0.3 is 14.5 Å². The van der Waals surface area contributed by atoms with Crippen molar-refractivity contribution in [1.82, 2.24) is 19.6 Å². The fourth-order valence-corrected chi connectivity index (χ4v) is 2.78. The van der Waals surface area contributed by atoms with Crippen LogP contribution >= 0.6 is 0 Å². The summed E-state index contributed by atoms with van der Waals surface area (Å²) in [5, 5.41) is 12.9. The van der Waals surface area contributed by atoms with Gasteiger partial charge in [0.15, 0.2) is 5.58 Å². The molecule has 31 heavy (non-hydrogen) atoms. The fourth-order valence-electron chi connectivity index (χ4n) is 2.78. The third-order valence-corrected chi connectivity index (χ3v) is 4.24. The summed E-state index contributed by atoms with van der Waals surface area (Å²) in [5.74, 6) is -6.93. The second-order valence-corrected chi connectivity index (χ2v) is 6.20. The summed E-state index contributed by atoms with van der Waals surface area (Å²) in [7, 11) is 0. The number of hydrogen-bond donors (Lipinski definition) is 1. The van der Waals surface area contributed by atoms with E-state index < -0.39 is 138 Å². The summed E-state index contributed by atoms with van der Waals surface area (Å²) >= 11 is 0. The molecule has 1 aromatic carbocycles. The van der Waals surface area contributed by atoms with Gasteiger partial charge in [0.25, 0.3) is 5.56 Å². The number of likely N-dealkylation sites (tertiary alicyclic amines) is 1. The van der Waals surface area contributed by atoms with Crippen LogP contribution in [-0.4, -0.2) is 44.2 Å². The molecule has 0 saturated carbocycles. The molecule has 2 aromatic heterocycles. The summed E-state index contributed by atoms with van der Waals surface area (Å²) in [4.78, 5) is 16.7. The zero-order valence-corrected chi connectivity index (χ0v) is 15.5. The van der Waals surface area contributed by atoms with Gasteiger partial charge in [-0.3, -0.25) is 9.36 Å². The van der Waals surface area contributed by atoms with Crippen LogP contribution in [0.3, 0.4) is 0 Å². The second kappa shape index (κ2) is 8.16. The van der Waals surface area contributed by atoms with Crippen LogP contribution < -0.4 is 5.56 Å². The average molecular weight is 449 g/mol. The predicted molar refractivity (Wildman–Crippen MR) is 114 cm³/mol. The number of aliphatic hydroxyl groups is 1. The van der Waals surface area contributed by atoms with E-state index in [0.717, 1.165) is 6.92 Å². The lowest BCUT2D eigenvalue weighted by atomic mass is 9.91. The van der Waals surface area contributed by atoms with Gasteiger partial charge in [0.05, 0.1) is 9.81 Å². The first-order valence-corrected chi connectivity index (χ1v) is 8.63. The van der Waals surface area contributed by atoms with Crippen molar-refractivity contribution in [1.29, 1.82) is 0 Å². The number of nitrogens with zero attached hydrogens (tertiary/aromatic N) is 4. The van der Waals surface area contributed by atoms with Crippen LogP contribution in [0.15, 0.2) is 27.4 Å². The molecule has 164 valence electrons. The molecule has 7 nitrogen and oxygen atoms in total. The smallest absolute Gasteiger partial charge is 0.257 e. The van der Waals surface area contributed by atoms with Crippen molar-refractivity contribution in [3.05, 3.63) is 57.1 Å². The van der Waals surface area contributed by atoms with Crippen molar-refractivity contribution in [3.63, 3.8) is 0 Å². The number of aliphatic hydroxyl groups excluding tert-OH is 1. The monoisotopic (exact) mass is 448 g/mol. The third kappa shape index (κ3) is 3.78. The summed E-state index contributed by atoms with van der Waals surface area (Å²) in [5.41, 5.74) is -7.03. The lowest BCUT2D eigenvalue weighted by Crippen LogP contribution is -2.37. The van der Waals surface area contributed by atoms with Crippen LogP contribution in [0.1, 0.15) is 90.4 Å². The Labute approximate surface area is 210 Å². The SMILES string of the molecule is [2H]c1c(F)c([2H])c2onc(C3([2H])C([2H])([2H])C([2H])([2H])N(C([2H])([2H])C([2H])([2H])c4c(C)nc5n(c4=O)C([2H])([2H])C([2H])([2H])C([2H])([2H])C5O)C([2H])([2H])C3([2H])[2H])c2c1[2H]. The number of aryl methyl sites for hydroxylation is 1. The summed E-state index contributed by atoms with van der Waals surface area (Å²) in [6, 6.07) is -3.86. The van der Waals surface area contributed by atoms with Crippen LogP contribution in [-0.2, 0) is 12.9 Å². The van der Waals surface area contributed by atoms with Crippen LogP contribution in [0.5, 0.6) is 0 Å². The summed E-state index contributed by atoms with van der Waals surface area (Å²) in [6.45, 7) is -16.4. The molecular formula is C23H27FN4O3. The number of fused-ring (bicyclic) bond motifs is 2. The molecule has 1 saturated heterocycles. The molecule has 5 rings (SSSR count). The van der Waals surface area contributed by atoms with Gasteiger partial charge in [-0.1, -0.05) is 5.16 Å². The Hall–Kier alpha value is -2.58. The van der Waals surface area contributed by atoms with Gasteiger partial charge in [0.2, 0.25) is 0 Å². The Balaban J connectivity index is 1.80. The van der Waals surface area contributed by atoms with E-state index in [0.29, 0.717) is 0 Å². The molecule has 0 bridgehead atoms. The lowest BCUT2D eigenvalue weighted by Gasteiger charge is -2.31. The summed E-state index contributed by atoms with van der Waals surface area (Å²) < 4.78 is 206. The molecule has 0 aliphatic carbocycles. The normalized spacial score (nSPS) is 44.0. The van der Waals surface area contributed by atoms with Gasteiger partial charge in [-0.15, -0.1) is 0 Å². The van der Waals surface area contributed by atoms with Crippen LogP contribution in [0.25, 0.3) is 11.0 Å². The number of aromatic nitrogens is 3. The molecule has 1 N–H and O–H groups in total. The highest BCUT2D eigenvalue weighted by atomic mass is 19.1. The molecule has 1 fully saturated rings. The standard InChI is InChI=1S/C23H27FN4O3/c1-14-17(23(30)28-9-2-3-19(29)22(28)25-14)8-12-27-10-6-15(7-11-27)21-18-5-4-16(24)13-20(18)31-26-21/h4-5,13,15,19,29H,2-3,6-12H2,1H3/i2D2,3D2,4D,5D,6D2,7D2,8D2,9D2,10D2,11D2,12D2,13D,15D. The maximum absolute atomic E-state index is 14.5. The molecule has 1 atom stereocenters. The first kappa shape index (κ1) is 7.22. The molecule has 3 aromatic rings. The van der Waals surface area contributed by atoms with Gasteiger partial charge >= 0.3 is 0 Å². The van der Waals surface area contributed by atoms with E-state index in [2.05, 4.69) is 10.1 Å². The van der Waals surface area contributed by atoms with Gasteiger partial charge in [-0.05, 0) is 63.9 Å². The Kier molecular flexibility index (Phi) is 1.90. The maximum atomic E-state index is 14.5. The topological polar surface area (TPSA) is 84.4 Å². The highest BCUT2D eigenvalue weighted by molar-refractivity contribution is 5.79. The number of rotatable bonds is 4. The predicted octanol–water partition coefficient (Wildman–Crippen LogP) is 3.08. The van der Waals surface area contributed by atoms with E-state index in [-0.39, 0.29) is 4.57 Å². The van der Waals surface area contributed by atoms with Crippen molar-refractivity contribution in [2.24, 2.45) is 0 Å². The highest BCUT2D eigenvalue weighted by Gasteiger charge is 2.26. The Morgan fingerprint density at radius 1 is 1.39 bits per heavy atom. The van der Waals surface area contributed by atoms with Crippen molar-refractivity contribution in [2.45, 2.75) is 57.3 Å². The summed E-state index contributed by atoms with van der Waals surface area (Å²) in [6.07, 6.45) is -22.8. The zero-order chi connectivity index (χ0) is 41.2. The van der Waals surface area contributed by atoms with Crippen molar-refractivity contribution in [3.8, 4) is 0 Å². The highest BCUT2D eigenvalue weighted by Crippen LogP contribution is 2.32. The van der Waals surface area contributed by atoms with E-state index >= 15 is 0 Å². The van der Waals surface area contributed by atoms with E-state index in [1.54, 1.807) is 0 Å². The number of halogens is 1. The number of benzene rings is 1. The van der Waals surface area contributed by atoms with E-state index in [4.69, 9.17) is 34.7 Å². The molecule has 4 heterocycles. The van der Waals surface area contributed by atoms with E-state index in [9.17, 15) is 14.3 Å². The molecular weight excluding hydrogens is 399 g/mol. The Morgan fingerprint density at radius 3 is 3.00 bits per heavy atom. The third-order valence-electron chi connectivity index (χ3n) is 4.24. The van der Waals surface area contributed by atoms with Gasteiger partial charge in [-0.25, -0.2) is 9.37 Å². The number of hydrogen-bond acceptors (Lipinski definition) is 6. The molecule has 8 heteroatoms. The second-order valence-electron chi connectivity index (χ2n) is 6.20. The average Bonchev–Trinajstić information content (AvgIpc) is 3.45. The lowest BCUT2D eigenvalue weighted by molar-refractivity contribution is 0.129. The molecule has 1 unspecified atom stereocenters. The van der Waals surface area contributed by atoms with Gasteiger partial charge in [0.1, 0.15) is 17.7 Å². The molecule has 0 amide bonds. The maximum Gasteiger partial charge on any atom is 0.257 e. The minimum Gasteiger partial charge on any atom is -0.385 e. The molecule has 0 radical (unpaired) electrons. The van der Waals surface area contributed by atoms with Crippen molar-refractivity contribution < 1.29 is 44.2 Å². The van der Waals surface area contributed by atoms with Crippen LogP contribution in [0, 0.1) is 12.7 Å². The van der Waals surface area contributed by atoms with Crippen LogP contribution in [0.2, 0.25) is 0 Å². The Bertz CT molecular complexity index is 2100. The number of piperidine rings is 1. The first-order chi connectivity index (χ1) is 23.4. The van der Waals surface area contributed by atoms with Crippen molar-refractivity contribution >= 4 is 11.0 Å². The van der Waals surface area contributed by atoms with Crippen molar-refractivity contribution in [2.75, 3.05) is 19.5 Å².